The zero-order chi connectivity index (χ0) is 19.6. The molecule has 1 aliphatic rings. The lowest BCUT2D eigenvalue weighted by atomic mass is 10.1. The van der Waals surface area contributed by atoms with Gasteiger partial charge in [-0.25, -0.2) is 4.79 Å². The van der Waals surface area contributed by atoms with E-state index in [0.29, 0.717) is 32.8 Å². The maximum Gasteiger partial charge on any atom is 0.320 e. The zero-order valence-corrected chi connectivity index (χ0v) is 15.9. The highest BCUT2D eigenvalue weighted by atomic mass is 16.5. The fourth-order valence-corrected chi connectivity index (χ4v) is 3.00. The van der Waals surface area contributed by atoms with Crippen LogP contribution < -0.4 is 10.6 Å². The SMILES string of the molecule is CCNC(=O)N1CCN(CC(=O)OCC)CC1C(=O)NCc1ccccc1. The van der Waals surface area contributed by atoms with Crippen molar-refractivity contribution in [2.45, 2.75) is 26.4 Å². The monoisotopic (exact) mass is 376 g/mol. The molecule has 3 amide bonds. The van der Waals surface area contributed by atoms with E-state index in [2.05, 4.69) is 10.6 Å². The van der Waals surface area contributed by atoms with Gasteiger partial charge in [-0.1, -0.05) is 30.3 Å². The molecule has 0 aliphatic carbocycles. The summed E-state index contributed by atoms with van der Waals surface area (Å²) in [5, 5.41) is 5.64. The summed E-state index contributed by atoms with van der Waals surface area (Å²) >= 11 is 0. The van der Waals surface area contributed by atoms with Crippen LogP contribution in [0.3, 0.4) is 0 Å². The van der Waals surface area contributed by atoms with Gasteiger partial charge < -0.3 is 20.3 Å². The van der Waals surface area contributed by atoms with Gasteiger partial charge in [0.2, 0.25) is 5.91 Å². The van der Waals surface area contributed by atoms with Crippen molar-refractivity contribution in [1.82, 2.24) is 20.4 Å². The fraction of sp³-hybridized carbons (Fsp3) is 0.526. The number of ether oxygens (including phenoxy) is 1. The van der Waals surface area contributed by atoms with E-state index in [1.807, 2.05) is 42.2 Å². The van der Waals surface area contributed by atoms with Crippen LogP contribution in [0.25, 0.3) is 0 Å². The van der Waals surface area contributed by atoms with E-state index in [4.69, 9.17) is 4.74 Å². The average Bonchev–Trinajstić information content (AvgIpc) is 2.67. The molecule has 1 aromatic rings. The molecule has 148 valence electrons. The van der Waals surface area contributed by atoms with Crippen molar-refractivity contribution in [3.05, 3.63) is 35.9 Å². The summed E-state index contributed by atoms with van der Waals surface area (Å²) in [6, 6.07) is 8.65. The molecule has 0 aromatic heterocycles. The van der Waals surface area contributed by atoms with Crippen molar-refractivity contribution in [3.63, 3.8) is 0 Å². The molecule has 2 N–H and O–H groups in total. The van der Waals surface area contributed by atoms with Gasteiger partial charge in [0.15, 0.2) is 0 Å². The number of rotatable bonds is 7. The van der Waals surface area contributed by atoms with Crippen molar-refractivity contribution >= 4 is 17.9 Å². The van der Waals surface area contributed by atoms with Crippen LogP contribution in [0.15, 0.2) is 30.3 Å². The topological polar surface area (TPSA) is 91.0 Å². The number of esters is 1. The lowest BCUT2D eigenvalue weighted by molar-refractivity contribution is -0.145. The standard InChI is InChI=1S/C19H28N4O4/c1-3-20-19(26)23-11-10-22(14-17(24)27-4-2)13-16(23)18(25)21-12-15-8-6-5-7-9-15/h5-9,16H,3-4,10-14H2,1-2H3,(H,20,26)(H,21,25). The Morgan fingerprint density at radius 2 is 1.85 bits per heavy atom. The van der Waals surface area contributed by atoms with Crippen LogP contribution in [-0.4, -0.2) is 73.1 Å². The summed E-state index contributed by atoms with van der Waals surface area (Å²) in [4.78, 5) is 40.3. The van der Waals surface area contributed by atoms with Crippen LogP contribution in [0.1, 0.15) is 19.4 Å². The Balaban J connectivity index is 2.02. The molecule has 8 nitrogen and oxygen atoms in total. The van der Waals surface area contributed by atoms with Crippen molar-refractivity contribution in [2.24, 2.45) is 0 Å². The number of carbonyl (C=O) groups is 3. The highest BCUT2D eigenvalue weighted by Crippen LogP contribution is 2.11. The van der Waals surface area contributed by atoms with Gasteiger partial charge in [-0.3, -0.25) is 14.5 Å². The summed E-state index contributed by atoms with van der Waals surface area (Å²) in [5.41, 5.74) is 0.981. The van der Waals surface area contributed by atoms with Crippen LogP contribution in [0.4, 0.5) is 4.79 Å². The zero-order valence-electron chi connectivity index (χ0n) is 15.9. The molecular formula is C19H28N4O4. The quantitative estimate of drug-likeness (QED) is 0.680. The van der Waals surface area contributed by atoms with Gasteiger partial charge in [0.25, 0.3) is 0 Å². The van der Waals surface area contributed by atoms with Gasteiger partial charge >= 0.3 is 12.0 Å². The third-order valence-electron chi connectivity index (χ3n) is 4.32. The maximum absolute atomic E-state index is 12.8. The lowest BCUT2D eigenvalue weighted by Crippen LogP contribution is -2.62. The summed E-state index contributed by atoms with van der Waals surface area (Å²) in [7, 11) is 0. The van der Waals surface area contributed by atoms with Gasteiger partial charge in [-0.2, -0.15) is 0 Å². The number of hydrogen-bond acceptors (Lipinski definition) is 5. The molecule has 1 unspecified atom stereocenters. The molecule has 1 fully saturated rings. The van der Waals surface area contributed by atoms with Crippen LogP contribution in [0, 0.1) is 0 Å². The van der Waals surface area contributed by atoms with Crippen molar-refractivity contribution in [2.75, 3.05) is 39.3 Å². The van der Waals surface area contributed by atoms with Crippen LogP contribution in [0.2, 0.25) is 0 Å². The Kier molecular flexibility index (Phi) is 8.06. The normalized spacial score (nSPS) is 17.3. The number of carbonyl (C=O) groups excluding carboxylic acids is 3. The minimum absolute atomic E-state index is 0.111. The van der Waals surface area contributed by atoms with Crippen LogP contribution in [-0.2, 0) is 20.9 Å². The molecule has 0 radical (unpaired) electrons. The molecule has 2 rings (SSSR count). The molecule has 1 aromatic carbocycles. The van der Waals surface area contributed by atoms with Crippen molar-refractivity contribution < 1.29 is 19.1 Å². The third kappa shape index (κ3) is 6.25. The number of amides is 3. The molecular weight excluding hydrogens is 348 g/mol. The Labute approximate surface area is 159 Å². The summed E-state index contributed by atoms with van der Waals surface area (Å²) in [6.45, 7) is 6.06. The molecule has 1 heterocycles. The van der Waals surface area contributed by atoms with E-state index in [1.165, 1.54) is 4.90 Å². The van der Waals surface area contributed by atoms with Gasteiger partial charge in [0.05, 0.1) is 13.2 Å². The first-order chi connectivity index (χ1) is 13.0. The number of nitrogens with zero attached hydrogens (tertiary/aromatic N) is 2. The summed E-state index contributed by atoms with van der Waals surface area (Å²) in [6.07, 6.45) is 0. The average molecular weight is 376 g/mol. The van der Waals surface area contributed by atoms with Gasteiger partial charge in [0, 0.05) is 32.7 Å². The Hall–Kier alpha value is -2.61. The van der Waals surface area contributed by atoms with E-state index < -0.39 is 6.04 Å². The number of piperazine rings is 1. The lowest BCUT2D eigenvalue weighted by Gasteiger charge is -2.40. The predicted octanol–water partition coefficient (Wildman–Crippen LogP) is 0.582. The van der Waals surface area contributed by atoms with E-state index in [9.17, 15) is 14.4 Å². The summed E-state index contributed by atoms with van der Waals surface area (Å²) < 4.78 is 4.98. The predicted molar refractivity (Wildman–Crippen MR) is 101 cm³/mol. The minimum atomic E-state index is -0.663. The second kappa shape index (κ2) is 10.5. The Bertz CT molecular complexity index is 638. The molecule has 0 spiro atoms. The maximum atomic E-state index is 12.8. The smallest absolute Gasteiger partial charge is 0.320 e. The highest BCUT2D eigenvalue weighted by molar-refractivity contribution is 5.87. The van der Waals surface area contributed by atoms with Gasteiger partial charge in [-0.05, 0) is 19.4 Å². The Morgan fingerprint density at radius 1 is 1.11 bits per heavy atom. The number of benzene rings is 1. The molecule has 1 saturated heterocycles. The first-order valence-corrected chi connectivity index (χ1v) is 9.29. The Morgan fingerprint density at radius 3 is 2.52 bits per heavy atom. The van der Waals surface area contributed by atoms with Gasteiger partial charge in [-0.15, -0.1) is 0 Å². The van der Waals surface area contributed by atoms with Crippen molar-refractivity contribution in [1.29, 1.82) is 0 Å². The summed E-state index contributed by atoms with van der Waals surface area (Å²) in [5.74, 6) is -0.564. The van der Waals surface area contributed by atoms with Crippen LogP contribution in [0.5, 0.6) is 0 Å². The largest absolute Gasteiger partial charge is 0.465 e. The first-order valence-electron chi connectivity index (χ1n) is 9.29. The second-order valence-electron chi connectivity index (χ2n) is 6.29. The molecule has 0 saturated carbocycles. The molecule has 27 heavy (non-hydrogen) atoms. The molecule has 1 aliphatic heterocycles. The molecule has 1 atom stereocenters. The van der Waals surface area contributed by atoms with E-state index >= 15 is 0 Å². The molecule has 8 heteroatoms. The number of nitrogens with one attached hydrogen (secondary N) is 2. The third-order valence-corrected chi connectivity index (χ3v) is 4.32. The number of hydrogen-bond donors (Lipinski definition) is 2. The first kappa shape index (κ1) is 20.7. The highest BCUT2D eigenvalue weighted by Gasteiger charge is 2.35. The van der Waals surface area contributed by atoms with E-state index in [-0.39, 0.29) is 31.0 Å². The minimum Gasteiger partial charge on any atom is -0.465 e. The molecule has 0 bridgehead atoms. The second-order valence-corrected chi connectivity index (χ2v) is 6.29. The number of urea groups is 1. The van der Waals surface area contributed by atoms with Gasteiger partial charge in [0.1, 0.15) is 6.04 Å². The van der Waals surface area contributed by atoms with Crippen LogP contribution >= 0.6 is 0 Å². The fourth-order valence-electron chi connectivity index (χ4n) is 3.00. The van der Waals surface area contributed by atoms with E-state index in [0.717, 1.165) is 5.56 Å². The van der Waals surface area contributed by atoms with Crippen molar-refractivity contribution in [3.8, 4) is 0 Å². The van der Waals surface area contributed by atoms with E-state index in [1.54, 1.807) is 6.92 Å².